The van der Waals surface area contributed by atoms with Gasteiger partial charge in [-0.25, -0.2) is 9.59 Å². The number of rotatable bonds is 3. The maximum absolute atomic E-state index is 12.7. The predicted molar refractivity (Wildman–Crippen MR) is 95.1 cm³/mol. The lowest BCUT2D eigenvalue weighted by molar-refractivity contribution is -0.178. The normalized spacial score (nSPS) is 21.9. The number of amides is 3. The number of hydrogen-bond donors (Lipinski definition) is 1. The highest BCUT2D eigenvalue weighted by Gasteiger charge is 2.42. The first-order chi connectivity index (χ1) is 13.2. The largest absolute Gasteiger partial charge is 0.444 e. The Morgan fingerprint density at radius 1 is 1.14 bits per heavy atom. The Hall–Kier alpha value is -2.94. The number of carbonyl (C=O) groups excluding carboxylic acids is 4. The van der Waals surface area contributed by atoms with Crippen LogP contribution in [0.4, 0.5) is 4.79 Å². The van der Waals surface area contributed by atoms with Crippen LogP contribution in [0.2, 0.25) is 0 Å². The van der Waals surface area contributed by atoms with E-state index in [0.29, 0.717) is 5.06 Å². The van der Waals surface area contributed by atoms with Crippen LogP contribution in [0.5, 0.6) is 0 Å². The van der Waals surface area contributed by atoms with Gasteiger partial charge in [0, 0.05) is 6.61 Å². The van der Waals surface area contributed by atoms with Gasteiger partial charge in [-0.2, -0.15) is 0 Å². The van der Waals surface area contributed by atoms with E-state index in [1.807, 2.05) is 0 Å². The van der Waals surface area contributed by atoms with Gasteiger partial charge in [0.2, 0.25) is 0 Å². The Bertz CT molecular complexity index is 780. The van der Waals surface area contributed by atoms with E-state index in [2.05, 4.69) is 5.32 Å². The van der Waals surface area contributed by atoms with Crippen LogP contribution in [-0.2, 0) is 19.1 Å². The lowest BCUT2D eigenvalue weighted by Crippen LogP contribution is -2.51. The van der Waals surface area contributed by atoms with Crippen LogP contribution in [0.15, 0.2) is 24.3 Å². The van der Waals surface area contributed by atoms with Crippen LogP contribution in [0.3, 0.4) is 0 Å². The van der Waals surface area contributed by atoms with Crippen molar-refractivity contribution in [2.75, 3.05) is 13.2 Å². The van der Waals surface area contributed by atoms with E-state index < -0.39 is 41.4 Å². The van der Waals surface area contributed by atoms with Crippen LogP contribution < -0.4 is 5.32 Å². The topological polar surface area (TPSA) is 111 Å². The Morgan fingerprint density at radius 3 is 2.32 bits per heavy atom. The van der Waals surface area contributed by atoms with Crippen molar-refractivity contribution in [3.05, 3.63) is 35.4 Å². The number of ether oxygens (including phenoxy) is 2. The summed E-state index contributed by atoms with van der Waals surface area (Å²) in [6.45, 7) is 5.53. The first kappa shape index (κ1) is 19.8. The number of hydrogen-bond acceptors (Lipinski definition) is 7. The van der Waals surface area contributed by atoms with E-state index in [4.69, 9.17) is 14.3 Å². The van der Waals surface area contributed by atoms with Crippen molar-refractivity contribution in [2.45, 2.75) is 38.8 Å². The minimum absolute atomic E-state index is 0.0845. The molecule has 2 heterocycles. The van der Waals surface area contributed by atoms with Crippen LogP contribution in [-0.4, -0.2) is 53.8 Å². The molecule has 0 bridgehead atoms. The SMILES string of the molecule is CC(C)(C)OC(=O)N[C@H]1COCC[C@@H]1C(=O)ON1C(=O)c2ccccc2C1=O. The summed E-state index contributed by atoms with van der Waals surface area (Å²) < 4.78 is 10.5. The van der Waals surface area contributed by atoms with Crippen LogP contribution in [0.25, 0.3) is 0 Å². The van der Waals surface area contributed by atoms with Crippen molar-refractivity contribution in [3.63, 3.8) is 0 Å². The van der Waals surface area contributed by atoms with E-state index in [9.17, 15) is 19.2 Å². The molecule has 1 aromatic rings. The zero-order valence-electron chi connectivity index (χ0n) is 15.9. The second-order valence-electron chi connectivity index (χ2n) is 7.58. The van der Waals surface area contributed by atoms with E-state index in [1.165, 1.54) is 12.1 Å². The first-order valence-corrected chi connectivity index (χ1v) is 8.94. The molecule has 1 saturated heterocycles. The lowest BCUT2D eigenvalue weighted by atomic mass is 9.95. The average molecular weight is 390 g/mol. The quantitative estimate of drug-likeness (QED) is 0.782. The number of alkyl carbamates (subject to hydrolysis) is 1. The number of nitrogens with one attached hydrogen (secondary N) is 1. The van der Waals surface area contributed by atoms with Gasteiger partial charge in [0.25, 0.3) is 11.8 Å². The van der Waals surface area contributed by atoms with Gasteiger partial charge in [-0.1, -0.05) is 17.2 Å². The van der Waals surface area contributed by atoms with Gasteiger partial charge < -0.3 is 19.6 Å². The molecule has 0 saturated carbocycles. The molecule has 0 aliphatic carbocycles. The van der Waals surface area contributed by atoms with E-state index in [0.717, 1.165) is 0 Å². The van der Waals surface area contributed by atoms with Crippen molar-refractivity contribution in [1.29, 1.82) is 0 Å². The number of benzene rings is 1. The van der Waals surface area contributed by atoms with Gasteiger partial charge in [-0.15, -0.1) is 0 Å². The fourth-order valence-electron chi connectivity index (χ4n) is 3.03. The molecule has 150 valence electrons. The molecule has 0 aromatic heterocycles. The third kappa shape index (κ3) is 4.14. The van der Waals surface area contributed by atoms with Gasteiger partial charge in [-0.05, 0) is 39.3 Å². The molecule has 2 aliphatic rings. The zero-order chi connectivity index (χ0) is 20.5. The summed E-state index contributed by atoms with van der Waals surface area (Å²) in [6, 6.07) is 5.52. The smallest absolute Gasteiger partial charge is 0.407 e. The van der Waals surface area contributed by atoms with E-state index in [-0.39, 0.29) is 30.8 Å². The molecule has 2 atom stereocenters. The molecular weight excluding hydrogens is 368 g/mol. The van der Waals surface area contributed by atoms with E-state index in [1.54, 1.807) is 32.9 Å². The van der Waals surface area contributed by atoms with Gasteiger partial charge in [-0.3, -0.25) is 9.59 Å². The molecule has 1 N–H and O–H groups in total. The standard InChI is InChI=1S/C19H22N2O7/c1-19(2,3)27-18(25)20-14-10-26-9-8-13(14)17(24)28-21-15(22)11-6-4-5-7-12(11)16(21)23/h4-7,13-14H,8-10H2,1-3H3,(H,20,25)/t13-,14-/m0/s1. The Kier molecular flexibility index (Phi) is 5.37. The average Bonchev–Trinajstić information content (AvgIpc) is 2.86. The summed E-state index contributed by atoms with van der Waals surface area (Å²) in [5.41, 5.74) is -0.345. The highest BCUT2D eigenvalue weighted by atomic mass is 16.7. The summed E-state index contributed by atoms with van der Waals surface area (Å²) in [5, 5.41) is 3.06. The molecule has 2 aliphatic heterocycles. The van der Waals surface area contributed by atoms with Crippen molar-refractivity contribution in [1.82, 2.24) is 10.4 Å². The van der Waals surface area contributed by atoms with Gasteiger partial charge in [0.15, 0.2) is 0 Å². The predicted octanol–water partition coefficient (Wildman–Crippen LogP) is 1.67. The second kappa shape index (κ2) is 7.59. The molecular formula is C19H22N2O7. The number of nitrogens with zero attached hydrogens (tertiary/aromatic N) is 1. The third-order valence-electron chi connectivity index (χ3n) is 4.30. The molecule has 3 rings (SSSR count). The molecule has 9 nitrogen and oxygen atoms in total. The highest BCUT2D eigenvalue weighted by molar-refractivity contribution is 6.20. The number of hydroxylamine groups is 2. The second-order valence-corrected chi connectivity index (χ2v) is 7.58. The maximum Gasteiger partial charge on any atom is 0.407 e. The zero-order valence-corrected chi connectivity index (χ0v) is 15.9. The van der Waals surface area contributed by atoms with Gasteiger partial charge in [0.1, 0.15) is 5.60 Å². The van der Waals surface area contributed by atoms with Crippen molar-refractivity contribution < 1.29 is 33.5 Å². The molecule has 1 aromatic carbocycles. The fraction of sp³-hybridized carbons (Fsp3) is 0.474. The number of fused-ring (bicyclic) bond motifs is 1. The molecule has 1 fully saturated rings. The van der Waals surface area contributed by atoms with Crippen molar-refractivity contribution in [2.24, 2.45) is 5.92 Å². The highest BCUT2D eigenvalue weighted by Crippen LogP contribution is 2.25. The molecule has 0 unspecified atom stereocenters. The van der Waals surface area contributed by atoms with Crippen LogP contribution >= 0.6 is 0 Å². The molecule has 9 heteroatoms. The Balaban J connectivity index is 1.68. The number of carbonyl (C=O) groups is 4. The summed E-state index contributed by atoms with van der Waals surface area (Å²) in [6.07, 6.45) is -0.427. The minimum Gasteiger partial charge on any atom is -0.444 e. The molecule has 0 radical (unpaired) electrons. The third-order valence-corrected chi connectivity index (χ3v) is 4.30. The monoisotopic (exact) mass is 390 g/mol. The summed E-state index contributed by atoms with van der Waals surface area (Å²) in [5.74, 6) is -2.97. The maximum atomic E-state index is 12.7. The fourth-order valence-corrected chi connectivity index (χ4v) is 3.03. The summed E-state index contributed by atoms with van der Waals surface area (Å²) in [4.78, 5) is 54.5. The van der Waals surface area contributed by atoms with Crippen LogP contribution in [0.1, 0.15) is 47.9 Å². The Labute approximate surface area is 161 Å². The van der Waals surface area contributed by atoms with Crippen molar-refractivity contribution >= 4 is 23.9 Å². The Morgan fingerprint density at radius 2 is 1.75 bits per heavy atom. The lowest BCUT2D eigenvalue weighted by Gasteiger charge is -2.31. The molecule has 0 spiro atoms. The van der Waals surface area contributed by atoms with Gasteiger partial charge >= 0.3 is 12.1 Å². The van der Waals surface area contributed by atoms with Gasteiger partial charge in [0.05, 0.1) is 29.7 Å². The van der Waals surface area contributed by atoms with E-state index >= 15 is 0 Å². The summed E-state index contributed by atoms with van der Waals surface area (Å²) >= 11 is 0. The first-order valence-electron chi connectivity index (χ1n) is 8.94. The molecule has 28 heavy (non-hydrogen) atoms. The molecule has 3 amide bonds. The number of imide groups is 1. The van der Waals surface area contributed by atoms with Crippen molar-refractivity contribution in [3.8, 4) is 0 Å². The van der Waals surface area contributed by atoms with Crippen LogP contribution in [0, 0.1) is 5.92 Å². The minimum atomic E-state index is -0.793. The summed E-state index contributed by atoms with van der Waals surface area (Å²) in [7, 11) is 0.